The molecule has 0 aromatic heterocycles. The molecule has 0 unspecified atom stereocenters. The van der Waals surface area contributed by atoms with Gasteiger partial charge in [-0.3, -0.25) is 14.9 Å². The second-order valence-electron chi connectivity index (χ2n) is 5.66. The minimum absolute atomic E-state index is 0.00173. The number of hydrogen-bond donors (Lipinski definition) is 0. The third kappa shape index (κ3) is 2.72. The highest BCUT2D eigenvalue weighted by atomic mass is 35.5. The van der Waals surface area contributed by atoms with Gasteiger partial charge in [0.2, 0.25) is 5.91 Å². The third-order valence-electron chi connectivity index (χ3n) is 4.19. The van der Waals surface area contributed by atoms with Crippen LogP contribution in [0.15, 0.2) is 24.3 Å². The third-order valence-corrected chi connectivity index (χ3v) is 5.30. The zero-order valence-corrected chi connectivity index (χ0v) is 13.5. The van der Waals surface area contributed by atoms with Crippen molar-refractivity contribution in [3.05, 3.63) is 39.9 Å². The second-order valence-corrected chi connectivity index (χ2v) is 7.14. The van der Waals surface area contributed by atoms with E-state index in [0.29, 0.717) is 12.0 Å². The van der Waals surface area contributed by atoms with Crippen LogP contribution >= 0.6 is 23.2 Å². The molecule has 5 nitrogen and oxygen atoms in total. The minimum atomic E-state index is -1.03. The first-order valence-corrected chi connectivity index (χ1v) is 7.25. The number of nitro groups is 1. The maximum absolute atomic E-state index is 12.5. The molecular formula is C14H16Cl2N2O3. The van der Waals surface area contributed by atoms with Gasteiger partial charge in [-0.25, -0.2) is 0 Å². The molecule has 0 radical (unpaired) electrons. The van der Waals surface area contributed by atoms with E-state index in [2.05, 4.69) is 0 Å². The quantitative estimate of drug-likeness (QED) is 0.480. The number of nitrogens with zero attached hydrogens (tertiary/aromatic N) is 2. The zero-order chi connectivity index (χ0) is 16.0. The molecule has 1 aliphatic carbocycles. The molecule has 0 bridgehead atoms. The van der Waals surface area contributed by atoms with Gasteiger partial charge in [-0.2, -0.15) is 0 Å². The van der Waals surface area contributed by atoms with Crippen LogP contribution in [0.1, 0.15) is 31.9 Å². The van der Waals surface area contributed by atoms with E-state index in [-0.39, 0.29) is 17.6 Å². The molecule has 0 N–H and O–H groups in total. The first-order valence-electron chi connectivity index (χ1n) is 6.49. The van der Waals surface area contributed by atoms with Gasteiger partial charge in [0.1, 0.15) is 4.33 Å². The Hall–Kier alpha value is -1.33. The van der Waals surface area contributed by atoms with Crippen LogP contribution in [-0.2, 0) is 4.79 Å². The van der Waals surface area contributed by atoms with Gasteiger partial charge in [0.05, 0.1) is 16.4 Å². The van der Waals surface area contributed by atoms with Crippen LogP contribution in [0, 0.1) is 15.5 Å². The highest BCUT2D eigenvalue weighted by molar-refractivity contribution is 6.53. The molecule has 0 heterocycles. The van der Waals surface area contributed by atoms with Gasteiger partial charge >= 0.3 is 0 Å². The average molecular weight is 331 g/mol. The maximum atomic E-state index is 12.5. The van der Waals surface area contributed by atoms with Crippen molar-refractivity contribution < 1.29 is 9.72 Å². The van der Waals surface area contributed by atoms with Crippen molar-refractivity contribution in [3.63, 3.8) is 0 Å². The molecule has 1 fully saturated rings. The van der Waals surface area contributed by atoms with Crippen molar-refractivity contribution >= 4 is 34.8 Å². The first-order chi connectivity index (χ1) is 9.60. The number of rotatable bonds is 4. The fourth-order valence-corrected chi connectivity index (χ4v) is 3.02. The molecule has 1 saturated carbocycles. The van der Waals surface area contributed by atoms with Crippen LogP contribution in [-0.4, -0.2) is 27.1 Å². The second kappa shape index (κ2) is 5.14. The monoisotopic (exact) mass is 330 g/mol. The van der Waals surface area contributed by atoms with Crippen LogP contribution in [0.3, 0.4) is 0 Å². The van der Waals surface area contributed by atoms with Crippen LogP contribution < -0.4 is 0 Å². The van der Waals surface area contributed by atoms with E-state index in [4.69, 9.17) is 23.2 Å². The van der Waals surface area contributed by atoms with Crippen molar-refractivity contribution in [3.8, 4) is 0 Å². The van der Waals surface area contributed by atoms with Crippen molar-refractivity contribution in [2.24, 2.45) is 5.41 Å². The number of halogens is 2. The van der Waals surface area contributed by atoms with Gasteiger partial charge in [0.15, 0.2) is 0 Å². The van der Waals surface area contributed by atoms with Crippen LogP contribution in [0.2, 0.25) is 0 Å². The number of carbonyl (C=O) groups excluding carboxylic acids is 1. The SMILES string of the molecule is C[C@H](c1cccc([N+](=O)[O-])c1)N(C)C(=O)[C@@]1(C)CC1(Cl)Cl. The lowest BCUT2D eigenvalue weighted by Crippen LogP contribution is -2.37. The number of non-ortho nitro benzene ring substituents is 1. The van der Waals surface area contributed by atoms with Crippen LogP contribution in [0.5, 0.6) is 0 Å². The van der Waals surface area contributed by atoms with E-state index < -0.39 is 14.7 Å². The zero-order valence-electron chi connectivity index (χ0n) is 12.0. The smallest absolute Gasteiger partial charge is 0.269 e. The van der Waals surface area contributed by atoms with Gasteiger partial charge in [-0.05, 0) is 25.8 Å². The van der Waals surface area contributed by atoms with Gasteiger partial charge in [0, 0.05) is 19.2 Å². The molecule has 2 atom stereocenters. The largest absolute Gasteiger partial charge is 0.338 e. The standard InChI is InChI=1S/C14H16Cl2N2O3/c1-9(10-5-4-6-11(7-10)18(20)21)17(3)12(19)13(2)8-14(13,15)16/h4-7,9H,8H2,1-3H3/t9-,13-/m1/s1. The highest BCUT2D eigenvalue weighted by Crippen LogP contribution is 2.64. The Morgan fingerprint density at radius 2 is 2.05 bits per heavy atom. The molecule has 21 heavy (non-hydrogen) atoms. The molecule has 2 rings (SSSR count). The van der Waals surface area contributed by atoms with E-state index in [9.17, 15) is 14.9 Å². The van der Waals surface area contributed by atoms with Gasteiger partial charge < -0.3 is 4.90 Å². The Morgan fingerprint density at radius 3 is 2.52 bits per heavy atom. The number of nitro benzene ring substituents is 1. The summed E-state index contributed by atoms with van der Waals surface area (Å²) < 4.78 is -1.03. The van der Waals surface area contributed by atoms with E-state index in [1.54, 1.807) is 26.1 Å². The maximum Gasteiger partial charge on any atom is 0.269 e. The van der Waals surface area contributed by atoms with Gasteiger partial charge in [-0.15, -0.1) is 23.2 Å². The van der Waals surface area contributed by atoms with Gasteiger partial charge in [0.25, 0.3) is 5.69 Å². The van der Waals surface area contributed by atoms with E-state index in [1.807, 2.05) is 6.92 Å². The van der Waals surface area contributed by atoms with Crippen molar-refractivity contribution in [1.82, 2.24) is 4.90 Å². The topological polar surface area (TPSA) is 63.5 Å². The van der Waals surface area contributed by atoms with E-state index >= 15 is 0 Å². The van der Waals surface area contributed by atoms with E-state index in [1.165, 1.54) is 17.0 Å². The summed E-state index contributed by atoms with van der Waals surface area (Å²) in [5.74, 6) is -0.161. The minimum Gasteiger partial charge on any atom is -0.338 e. The Bertz CT molecular complexity index is 606. The summed E-state index contributed by atoms with van der Waals surface area (Å²) in [5, 5.41) is 10.8. The summed E-state index contributed by atoms with van der Waals surface area (Å²) in [4.78, 5) is 24.4. The lowest BCUT2D eigenvalue weighted by atomic mass is 10.0. The molecule has 7 heteroatoms. The number of benzene rings is 1. The summed E-state index contributed by atoms with van der Waals surface area (Å²) in [7, 11) is 1.65. The molecule has 0 saturated heterocycles. The predicted molar refractivity (Wildman–Crippen MR) is 81.4 cm³/mol. The highest BCUT2D eigenvalue weighted by Gasteiger charge is 2.68. The first kappa shape index (κ1) is 16.0. The number of hydrogen-bond acceptors (Lipinski definition) is 3. The Labute approximate surface area is 133 Å². The lowest BCUT2D eigenvalue weighted by Gasteiger charge is -2.28. The lowest BCUT2D eigenvalue weighted by molar-refractivity contribution is -0.384. The Morgan fingerprint density at radius 1 is 1.48 bits per heavy atom. The van der Waals surface area contributed by atoms with Crippen LogP contribution in [0.25, 0.3) is 0 Å². The number of carbonyl (C=O) groups is 1. The fourth-order valence-electron chi connectivity index (χ4n) is 2.32. The van der Waals surface area contributed by atoms with E-state index in [0.717, 1.165) is 0 Å². The normalized spacial score (nSPS) is 24.2. The van der Waals surface area contributed by atoms with Crippen molar-refractivity contribution in [2.45, 2.75) is 30.6 Å². The van der Waals surface area contributed by atoms with Crippen molar-refractivity contribution in [1.29, 1.82) is 0 Å². The number of alkyl halides is 2. The average Bonchev–Trinajstić information content (AvgIpc) is 2.96. The molecule has 0 aliphatic heterocycles. The molecule has 0 spiro atoms. The molecular weight excluding hydrogens is 315 g/mol. The molecule has 1 aliphatic rings. The number of amides is 1. The summed E-state index contributed by atoms with van der Waals surface area (Å²) >= 11 is 12.1. The van der Waals surface area contributed by atoms with Crippen LogP contribution in [0.4, 0.5) is 5.69 Å². The molecule has 1 amide bonds. The predicted octanol–water partition coefficient (Wildman–Crippen LogP) is 3.70. The van der Waals surface area contributed by atoms with Gasteiger partial charge in [-0.1, -0.05) is 12.1 Å². The molecule has 1 aromatic carbocycles. The molecule has 1 aromatic rings. The summed E-state index contributed by atoms with van der Waals surface area (Å²) in [6, 6.07) is 5.94. The summed E-state index contributed by atoms with van der Waals surface area (Å²) in [5.41, 5.74) is -0.0965. The Kier molecular flexibility index (Phi) is 3.93. The fraction of sp³-hybridized carbons (Fsp3) is 0.500. The molecule has 114 valence electrons. The Balaban J connectivity index is 2.20. The summed E-state index contributed by atoms with van der Waals surface area (Å²) in [6.07, 6.45) is 0.411. The summed E-state index contributed by atoms with van der Waals surface area (Å²) in [6.45, 7) is 3.54. The van der Waals surface area contributed by atoms with Crippen molar-refractivity contribution in [2.75, 3.05) is 7.05 Å².